The van der Waals surface area contributed by atoms with E-state index < -0.39 is 39.0 Å². The number of aromatic nitrogens is 3. The van der Waals surface area contributed by atoms with Gasteiger partial charge in [0.05, 0.1) is 45.0 Å². The molecule has 4 atom stereocenters. The number of nitrogens with zero attached hydrogens (tertiary/aromatic N) is 3. The molecule has 1 aliphatic rings. The van der Waals surface area contributed by atoms with E-state index in [-0.39, 0.29) is 0 Å². The molecular weight excluding hydrogens is 589 g/mol. The summed E-state index contributed by atoms with van der Waals surface area (Å²) in [6, 6.07) is 1.78. The van der Waals surface area contributed by atoms with Gasteiger partial charge in [0.25, 0.3) is 0 Å². The summed E-state index contributed by atoms with van der Waals surface area (Å²) in [6.45, 7) is 5.63. The van der Waals surface area contributed by atoms with Gasteiger partial charge in [-0.25, -0.2) is 14.5 Å². The second-order valence-corrected chi connectivity index (χ2v) is 11.2. The minimum Gasteiger partial charge on any atom is -0.387 e. The summed E-state index contributed by atoms with van der Waals surface area (Å²) in [4.78, 5) is 26.5. The molecule has 3 rings (SSSR count). The molecule has 17 heteroatoms. The van der Waals surface area contributed by atoms with Crippen LogP contribution in [0.15, 0.2) is 18.6 Å². The topological polar surface area (TPSA) is 222 Å². The van der Waals surface area contributed by atoms with E-state index in [0.717, 1.165) is 44.4 Å². The number of nitrogens with one attached hydrogen (secondary N) is 1. The van der Waals surface area contributed by atoms with Gasteiger partial charge in [0.1, 0.15) is 23.8 Å². The van der Waals surface area contributed by atoms with Crippen molar-refractivity contribution in [2.75, 3.05) is 77.9 Å². The zero-order valence-corrected chi connectivity index (χ0v) is 25.3. The quantitative estimate of drug-likeness (QED) is 0.0685. The van der Waals surface area contributed by atoms with Crippen LogP contribution in [0.25, 0.3) is 11.2 Å². The summed E-state index contributed by atoms with van der Waals surface area (Å²) in [5, 5.41) is 24.1. The summed E-state index contributed by atoms with van der Waals surface area (Å²) in [6.07, 6.45) is 2.63. The fraction of sp³-hybridized carbons (Fsp3) is 0.769. The Morgan fingerprint density at radius 2 is 1.51 bits per heavy atom. The van der Waals surface area contributed by atoms with Crippen LogP contribution >= 0.6 is 7.82 Å². The molecule has 0 bridgehead atoms. The molecule has 1 fully saturated rings. The molecule has 0 spiro atoms. The van der Waals surface area contributed by atoms with Crippen molar-refractivity contribution in [3.8, 4) is 0 Å². The predicted octanol–water partition coefficient (Wildman–Crippen LogP) is 0.547. The summed E-state index contributed by atoms with van der Waals surface area (Å²) in [7, 11) is -4.76. The second kappa shape index (κ2) is 19.6. The molecule has 0 radical (unpaired) electrons. The third-order valence-corrected chi connectivity index (χ3v) is 7.06. The fourth-order valence-electron chi connectivity index (χ4n) is 4.34. The Labute approximate surface area is 251 Å². The Bertz CT molecular complexity index is 1090. The van der Waals surface area contributed by atoms with E-state index in [9.17, 15) is 14.8 Å². The second-order valence-electron chi connectivity index (χ2n) is 9.95. The third kappa shape index (κ3) is 12.6. The molecule has 0 amide bonds. The molecule has 2 aromatic heterocycles. The van der Waals surface area contributed by atoms with Crippen LogP contribution in [-0.2, 0) is 32.8 Å². The van der Waals surface area contributed by atoms with Crippen LogP contribution in [0, 0.1) is 0 Å². The molecule has 7 N–H and O–H groups in total. The van der Waals surface area contributed by atoms with Crippen molar-refractivity contribution in [2.45, 2.75) is 56.6 Å². The Hall–Kier alpha value is -1.79. The lowest BCUT2D eigenvalue weighted by atomic mass is 10.1. The fourth-order valence-corrected chi connectivity index (χ4v) is 4.68. The van der Waals surface area contributed by atoms with Crippen LogP contribution in [-0.4, -0.2) is 125 Å². The van der Waals surface area contributed by atoms with E-state index in [1.165, 1.54) is 10.9 Å². The lowest BCUT2D eigenvalue weighted by molar-refractivity contribution is -0.0503. The number of aliphatic hydroxyl groups is 2. The van der Waals surface area contributed by atoms with Gasteiger partial charge in [0.2, 0.25) is 0 Å². The van der Waals surface area contributed by atoms with Gasteiger partial charge in [0.15, 0.2) is 11.9 Å². The van der Waals surface area contributed by atoms with E-state index in [4.69, 9.17) is 39.2 Å². The molecule has 0 aromatic carbocycles. The number of ether oxygens (including phenoxy) is 5. The molecule has 2 aromatic rings. The Balaban J connectivity index is 1.25. The maximum absolute atomic E-state index is 11.0. The smallest absolute Gasteiger partial charge is 0.387 e. The van der Waals surface area contributed by atoms with Gasteiger partial charge in [-0.15, -0.1) is 0 Å². The molecule has 16 nitrogen and oxygen atoms in total. The van der Waals surface area contributed by atoms with E-state index >= 15 is 0 Å². The summed E-state index contributed by atoms with van der Waals surface area (Å²) >= 11 is 0. The predicted molar refractivity (Wildman–Crippen MR) is 155 cm³/mol. The minimum atomic E-state index is -4.76. The first-order valence-electron chi connectivity index (χ1n) is 14.6. The first-order chi connectivity index (χ1) is 20.8. The molecule has 1 saturated heterocycles. The summed E-state index contributed by atoms with van der Waals surface area (Å²) in [5.41, 5.74) is 7.07. The Kier molecular flexibility index (Phi) is 16.2. The van der Waals surface area contributed by atoms with E-state index in [0.29, 0.717) is 70.5 Å². The number of phosphoric acid groups is 1. The average molecular weight is 636 g/mol. The Morgan fingerprint density at radius 3 is 2.14 bits per heavy atom. The summed E-state index contributed by atoms with van der Waals surface area (Å²) in [5.74, 6) is 0. The van der Waals surface area contributed by atoms with Crippen molar-refractivity contribution < 1.29 is 52.8 Å². The van der Waals surface area contributed by atoms with Gasteiger partial charge in [-0.3, -0.25) is 9.09 Å². The molecule has 0 aliphatic carbocycles. The molecule has 3 heterocycles. The van der Waals surface area contributed by atoms with E-state index in [1.54, 1.807) is 12.3 Å². The molecule has 43 heavy (non-hydrogen) atoms. The molecule has 0 saturated carbocycles. The highest BCUT2D eigenvalue weighted by Gasteiger charge is 2.45. The molecule has 4 unspecified atom stereocenters. The zero-order valence-electron chi connectivity index (χ0n) is 24.4. The number of anilines is 1. The van der Waals surface area contributed by atoms with Gasteiger partial charge >= 0.3 is 7.82 Å². The molecule has 246 valence electrons. The van der Waals surface area contributed by atoms with Crippen LogP contribution in [0.3, 0.4) is 0 Å². The number of fused-ring (bicyclic) bond motifs is 1. The van der Waals surface area contributed by atoms with Crippen LogP contribution in [0.2, 0.25) is 0 Å². The Morgan fingerprint density at radius 1 is 0.884 bits per heavy atom. The van der Waals surface area contributed by atoms with Crippen molar-refractivity contribution >= 4 is 24.7 Å². The number of pyridine rings is 1. The number of imidazole rings is 1. The number of rotatable bonds is 24. The van der Waals surface area contributed by atoms with Crippen molar-refractivity contribution in [3.63, 3.8) is 0 Å². The lowest BCUT2D eigenvalue weighted by Gasteiger charge is -2.16. The van der Waals surface area contributed by atoms with Crippen molar-refractivity contribution in [1.29, 1.82) is 0 Å². The van der Waals surface area contributed by atoms with Crippen LogP contribution in [0.4, 0.5) is 5.69 Å². The van der Waals surface area contributed by atoms with Crippen molar-refractivity contribution in [2.24, 2.45) is 5.73 Å². The number of hydrogen-bond donors (Lipinski definition) is 6. The molecule has 1 aliphatic heterocycles. The molecular formula is C26H46N5O11P. The minimum absolute atomic E-state index is 0.405. The van der Waals surface area contributed by atoms with E-state index in [2.05, 4.69) is 19.8 Å². The maximum Gasteiger partial charge on any atom is 0.469 e. The van der Waals surface area contributed by atoms with Crippen molar-refractivity contribution in [3.05, 3.63) is 18.6 Å². The maximum atomic E-state index is 11.0. The first-order valence-corrected chi connectivity index (χ1v) is 16.1. The van der Waals surface area contributed by atoms with Gasteiger partial charge in [-0.05, 0) is 44.7 Å². The van der Waals surface area contributed by atoms with Gasteiger partial charge in [0, 0.05) is 39.2 Å². The highest BCUT2D eigenvalue weighted by molar-refractivity contribution is 7.46. The number of hydrogen-bond acceptors (Lipinski definition) is 13. The van der Waals surface area contributed by atoms with Crippen LogP contribution < -0.4 is 11.1 Å². The average Bonchev–Trinajstić information content (AvgIpc) is 3.53. The summed E-state index contributed by atoms with van der Waals surface area (Å²) < 4.78 is 44.7. The largest absolute Gasteiger partial charge is 0.469 e. The van der Waals surface area contributed by atoms with Gasteiger partial charge < -0.3 is 54.7 Å². The monoisotopic (exact) mass is 635 g/mol. The first kappa shape index (κ1) is 35.7. The van der Waals surface area contributed by atoms with Crippen LogP contribution in [0.1, 0.15) is 38.3 Å². The van der Waals surface area contributed by atoms with Gasteiger partial charge in [-0.1, -0.05) is 0 Å². The number of phosphoric ester groups is 1. The highest BCUT2D eigenvalue weighted by atomic mass is 31.2. The SMILES string of the molecule is NCCCOCCOCCCCCOCCOCCCNc1ccnc2c1ncn2C1OC(COP(=O)(O)O)C(O)C1O. The number of aliphatic hydroxyl groups excluding tert-OH is 2. The third-order valence-electron chi connectivity index (χ3n) is 6.57. The zero-order chi connectivity index (χ0) is 30.9. The number of nitrogens with two attached hydrogens (primary N) is 1. The van der Waals surface area contributed by atoms with Crippen molar-refractivity contribution in [1.82, 2.24) is 14.5 Å². The number of unbranched alkanes of at least 4 members (excludes halogenated alkanes) is 2. The van der Waals surface area contributed by atoms with E-state index in [1.807, 2.05) is 0 Å². The normalized spacial score (nSPS) is 20.8. The van der Waals surface area contributed by atoms with Crippen LogP contribution in [0.5, 0.6) is 0 Å². The standard InChI is InChI=1S/C26H46N5O11P/c27-7-4-12-39-16-14-37-10-2-1-3-11-38-15-17-40-13-5-8-28-20-6-9-29-25-22(20)30-19-31(25)26-24(33)23(32)21(42-26)18-41-43(34,35)36/h6,9,19,21,23-24,26,32-33H,1-5,7-8,10-18,27H2,(H,28,29)(H2,34,35,36). The van der Waals surface area contributed by atoms with Gasteiger partial charge in [-0.2, -0.15) is 0 Å². The highest BCUT2D eigenvalue weighted by Crippen LogP contribution is 2.39. The lowest BCUT2D eigenvalue weighted by Crippen LogP contribution is -2.33.